The highest BCUT2D eigenvalue weighted by Gasteiger charge is 2.29. The van der Waals surface area contributed by atoms with E-state index in [2.05, 4.69) is 31.8 Å². The Bertz CT molecular complexity index is 1800. The quantitative estimate of drug-likeness (QED) is 0.272. The lowest BCUT2D eigenvalue weighted by Gasteiger charge is -2.37. The third-order valence-corrected chi connectivity index (χ3v) is 7.53. The average molecular weight is 553 g/mol. The van der Waals surface area contributed by atoms with Gasteiger partial charge in [0.2, 0.25) is 5.91 Å². The molecule has 0 saturated carbocycles. The number of imidazole rings is 1. The highest BCUT2D eigenvalue weighted by Crippen LogP contribution is 2.34. The maximum absolute atomic E-state index is 15.4. The number of carbonyl (C=O) groups excluding carboxylic acids is 1. The smallest absolute Gasteiger partial charge is 0.246 e. The first kappa shape index (κ1) is 26.3. The largest absolute Gasteiger partial charge is 0.455 e. The van der Waals surface area contributed by atoms with Crippen molar-refractivity contribution in [1.29, 1.82) is 0 Å². The highest BCUT2D eigenvalue weighted by molar-refractivity contribution is 5.88. The Hall–Kier alpha value is -4.93. The topological polar surface area (TPSA) is 111 Å². The maximum atomic E-state index is 15.4. The van der Waals surface area contributed by atoms with Crippen molar-refractivity contribution in [2.75, 3.05) is 11.9 Å². The minimum Gasteiger partial charge on any atom is -0.455 e. The average Bonchev–Trinajstić information content (AvgIpc) is 3.35. The minimum absolute atomic E-state index is 0.0581. The molecule has 1 aliphatic heterocycles. The van der Waals surface area contributed by atoms with Gasteiger partial charge in [-0.25, -0.2) is 29.3 Å². The van der Waals surface area contributed by atoms with E-state index in [1.54, 1.807) is 24.7 Å². The summed E-state index contributed by atoms with van der Waals surface area (Å²) in [5.41, 5.74) is 4.35. The molecule has 0 radical (unpaired) electrons. The zero-order chi connectivity index (χ0) is 28.7. The van der Waals surface area contributed by atoms with Crippen molar-refractivity contribution in [2.24, 2.45) is 7.05 Å². The lowest BCUT2D eigenvalue weighted by Crippen LogP contribution is -2.44. The number of ether oxygens (including phenoxy) is 1. The molecule has 5 heterocycles. The SMILES string of the molecule is C=CC(=O)N1C[C@@H](c2ccc3ncnc(Nc4cc(C)c(Oc5cnc6c(c5)ncn6C)cc4F)c3n2)CC[C@H]1C. The van der Waals surface area contributed by atoms with Gasteiger partial charge >= 0.3 is 0 Å². The monoisotopic (exact) mass is 552 g/mol. The number of hydrogen-bond donors (Lipinski definition) is 1. The van der Waals surface area contributed by atoms with Gasteiger partial charge < -0.3 is 19.5 Å². The van der Waals surface area contributed by atoms with Crippen LogP contribution in [-0.2, 0) is 11.8 Å². The van der Waals surface area contributed by atoms with Gasteiger partial charge in [0.15, 0.2) is 11.5 Å². The summed E-state index contributed by atoms with van der Waals surface area (Å²) in [5.74, 6) is 0.673. The van der Waals surface area contributed by atoms with Gasteiger partial charge in [-0.1, -0.05) is 6.58 Å². The highest BCUT2D eigenvalue weighted by atomic mass is 19.1. The zero-order valence-electron chi connectivity index (χ0n) is 23.0. The number of anilines is 2. The fourth-order valence-corrected chi connectivity index (χ4v) is 5.22. The van der Waals surface area contributed by atoms with Crippen LogP contribution in [0.15, 0.2) is 61.8 Å². The van der Waals surface area contributed by atoms with Crippen LogP contribution in [0.5, 0.6) is 11.5 Å². The lowest BCUT2D eigenvalue weighted by molar-refractivity contribution is -0.129. The number of rotatable bonds is 6. The van der Waals surface area contributed by atoms with Crippen molar-refractivity contribution >= 4 is 39.6 Å². The second-order valence-electron chi connectivity index (χ2n) is 10.3. The molecule has 41 heavy (non-hydrogen) atoms. The predicted octanol–water partition coefficient (Wildman–Crippen LogP) is 5.57. The number of halogens is 1. The molecule has 0 spiro atoms. The second kappa shape index (κ2) is 10.6. The van der Waals surface area contributed by atoms with Gasteiger partial charge in [-0.2, -0.15) is 0 Å². The molecule has 1 aliphatic rings. The molecule has 0 aliphatic carbocycles. The summed E-state index contributed by atoms with van der Waals surface area (Å²) in [7, 11) is 1.86. The first-order chi connectivity index (χ1) is 19.8. The van der Waals surface area contributed by atoms with E-state index in [0.717, 1.165) is 24.2 Å². The van der Waals surface area contributed by atoms with Crippen LogP contribution in [0.2, 0.25) is 0 Å². The standard InChI is InChI=1S/C30H29FN8O2/c1-5-27(40)39-14-19(7-6-18(39)3)22-8-9-23-28(36-22)29(34-15-33-23)37-24-10-17(2)26(12-21(24)31)41-20-11-25-30(32-13-20)38(4)16-35-25/h5,8-13,15-16,18-19H,1,6-7,14H2,2-4H3,(H,33,34,37)/t18-,19+/m1/s1. The molecule has 1 amide bonds. The number of benzene rings is 1. The molecule has 4 aromatic heterocycles. The van der Waals surface area contributed by atoms with Crippen molar-refractivity contribution < 1.29 is 13.9 Å². The Kier molecular flexibility index (Phi) is 6.78. The molecule has 1 N–H and O–H groups in total. The number of nitrogens with one attached hydrogen (secondary N) is 1. The van der Waals surface area contributed by atoms with Gasteiger partial charge in [0.25, 0.3) is 0 Å². The van der Waals surface area contributed by atoms with Gasteiger partial charge in [0, 0.05) is 43.4 Å². The number of amides is 1. The van der Waals surface area contributed by atoms with Crippen LogP contribution >= 0.6 is 0 Å². The van der Waals surface area contributed by atoms with Crippen LogP contribution < -0.4 is 10.1 Å². The zero-order valence-corrected chi connectivity index (χ0v) is 23.0. The van der Waals surface area contributed by atoms with Crippen LogP contribution in [0.3, 0.4) is 0 Å². The molecule has 208 valence electrons. The van der Waals surface area contributed by atoms with E-state index in [9.17, 15) is 4.79 Å². The van der Waals surface area contributed by atoms with Crippen molar-refractivity contribution in [1.82, 2.24) is 34.4 Å². The summed E-state index contributed by atoms with van der Waals surface area (Å²) < 4.78 is 23.1. The van der Waals surface area contributed by atoms with Gasteiger partial charge in [-0.15, -0.1) is 0 Å². The molecule has 1 aromatic carbocycles. The van der Waals surface area contributed by atoms with E-state index in [-0.39, 0.29) is 23.6 Å². The molecule has 2 atom stereocenters. The molecule has 10 nitrogen and oxygen atoms in total. The van der Waals surface area contributed by atoms with Crippen LogP contribution in [0.25, 0.3) is 22.2 Å². The summed E-state index contributed by atoms with van der Waals surface area (Å²) in [5, 5.41) is 3.10. The molecule has 1 fully saturated rings. The molecular weight excluding hydrogens is 523 g/mol. The molecule has 5 aromatic rings. The number of piperidine rings is 1. The van der Waals surface area contributed by atoms with Gasteiger partial charge in [-0.3, -0.25) is 4.79 Å². The maximum Gasteiger partial charge on any atom is 0.246 e. The normalized spacial score (nSPS) is 17.1. The summed E-state index contributed by atoms with van der Waals surface area (Å²) in [6, 6.07) is 8.72. The van der Waals surface area contributed by atoms with Crippen molar-refractivity contribution in [3.05, 3.63) is 78.9 Å². The first-order valence-electron chi connectivity index (χ1n) is 13.4. The summed E-state index contributed by atoms with van der Waals surface area (Å²) in [6.45, 7) is 8.07. The van der Waals surface area contributed by atoms with Crippen LogP contribution in [0, 0.1) is 12.7 Å². The first-order valence-corrected chi connectivity index (χ1v) is 13.4. The van der Waals surface area contributed by atoms with Gasteiger partial charge in [0.05, 0.1) is 23.7 Å². The fourth-order valence-electron chi connectivity index (χ4n) is 5.22. The minimum atomic E-state index is -0.514. The molecule has 1 saturated heterocycles. The van der Waals surface area contributed by atoms with E-state index in [4.69, 9.17) is 9.72 Å². The predicted molar refractivity (Wildman–Crippen MR) is 154 cm³/mol. The fraction of sp³-hybridized carbons (Fsp3) is 0.267. The molecular formula is C30H29FN8O2. The van der Waals surface area contributed by atoms with Gasteiger partial charge in [0.1, 0.15) is 34.7 Å². The third kappa shape index (κ3) is 5.06. The summed E-state index contributed by atoms with van der Waals surface area (Å²) in [4.78, 5) is 36.5. The van der Waals surface area contributed by atoms with E-state index in [1.807, 2.05) is 42.5 Å². The van der Waals surface area contributed by atoms with Crippen LogP contribution in [0.1, 0.15) is 36.9 Å². The van der Waals surface area contributed by atoms with E-state index in [1.165, 1.54) is 18.5 Å². The number of pyridine rings is 2. The Morgan fingerprint density at radius 3 is 2.83 bits per heavy atom. The Morgan fingerprint density at radius 2 is 2.00 bits per heavy atom. The van der Waals surface area contributed by atoms with Crippen molar-refractivity contribution in [2.45, 2.75) is 38.6 Å². The third-order valence-electron chi connectivity index (χ3n) is 7.53. The molecule has 6 rings (SSSR count). The Labute approximate surface area is 235 Å². The number of aryl methyl sites for hydroxylation is 2. The number of fused-ring (bicyclic) bond motifs is 2. The summed E-state index contributed by atoms with van der Waals surface area (Å²) >= 11 is 0. The Balaban J connectivity index is 1.26. The van der Waals surface area contributed by atoms with E-state index >= 15 is 4.39 Å². The number of carbonyl (C=O) groups is 1. The summed E-state index contributed by atoms with van der Waals surface area (Å²) in [6.07, 6.45) is 7.80. The van der Waals surface area contributed by atoms with Crippen molar-refractivity contribution in [3.8, 4) is 11.5 Å². The number of nitrogens with zero attached hydrogens (tertiary/aromatic N) is 7. The van der Waals surface area contributed by atoms with Crippen LogP contribution in [-0.4, -0.2) is 52.9 Å². The molecule has 0 unspecified atom stereocenters. The Morgan fingerprint density at radius 1 is 1.15 bits per heavy atom. The van der Waals surface area contributed by atoms with Crippen LogP contribution in [0.4, 0.5) is 15.9 Å². The van der Waals surface area contributed by atoms with Gasteiger partial charge in [-0.05, 0) is 56.5 Å². The lowest BCUT2D eigenvalue weighted by atomic mass is 9.90. The number of likely N-dealkylation sites (tertiary alicyclic amines) is 1. The number of aromatic nitrogens is 6. The molecule has 0 bridgehead atoms. The van der Waals surface area contributed by atoms with E-state index in [0.29, 0.717) is 46.0 Å². The molecule has 11 heteroatoms. The van der Waals surface area contributed by atoms with Crippen molar-refractivity contribution in [3.63, 3.8) is 0 Å². The van der Waals surface area contributed by atoms with E-state index < -0.39 is 5.82 Å². The second-order valence-corrected chi connectivity index (χ2v) is 10.3. The number of hydrogen-bond acceptors (Lipinski definition) is 8.